The molecule has 0 aromatic heterocycles. The van der Waals surface area contributed by atoms with E-state index in [2.05, 4.69) is 25.8 Å². The van der Waals surface area contributed by atoms with E-state index < -0.39 is 0 Å². The fourth-order valence-electron chi connectivity index (χ4n) is 2.47. The summed E-state index contributed by atoms with van der Waals surface area (Å²) in [5.74, 6) is 0. The highest BCUT2D eigenvalue weighted by Crippen LogP contribution is 2.25. The average molecular weight is 185 g/mol. The zero-order chi connectivity index (χ0) is 9.84. The van der Waals surface area contributed by atoms with Crippen LogP contribution in [0.5, 0.6) is 0 Å². The average Bonchev–Trinajstić information content (AvgIpc) is 2.54. The van der Waals surface area contributed by atoms with Crippen molar-refractivity contribution in [3.05, 3.63) is 0 Å². The van der Waals surface area contributed by atoms with Crippen LogP contribution in [0.4, 0.5) is 0 Å². The van der Waals surface area contributed by atoms with Gasteiger partial charge in [-0.05, 0) is 39.2 Å². The molecular formula is C11H23NO. The maximum absolute atomic E-state index is 9.45. The molecule has 0 aromatic rings. The normalized spacial score (nSPS) is 29.1. The monoisotopic (exact) mass is 185 g/mol. The molecule has 0 spiro atoms. The van der Waals surface area contributed by atoms with Crippen LogP contribution in [0.3, 0.4) is 0 Å². The first-order valence-corrected chi connectivity index (χ1v) is 5.59. The molecule has 2 nitrogen and oxygen atoms in total. The van der Waals surface area contributed by atoms with E-state index in [4.69, 9.17) is 0 Å². The summed E-state index contributed by atoms with van der Waals surface area (Å²) in [5.41, 5.74) is 0. The molecule has 1 aliphatic carbocycles. The van der Waals surface area contributed by atoms with Gasteiger partial charge in [0.15, 0.2) is 0 Å². The van der Waals surface area contributed by atoms with E-state index in [0.29, 0.717) is 12.1 Å². The van der Waals surface area contributed by atoms with Crippen molar-refractivity contribution in [2.75, 3.05) is 7.05 Å². The first kappa shape index (κ1) is 11.0. The summed E-state index contributed by atoms with van der Waals surface area (Å²) in [7, 11) is 2.21. The van der Waals surface area contributed by atoms with Crippen molar-refractivity contribution in [3.8, 4) is 0 Å². The fourth-order valence-corrected chi connectivity index (χ4v) is 2.47. The maximum Gasteiger partial charge on any atom is 0.0555 e. The van der Waals surface area contributed by atoms with E-state index in [1.54, 1.807) is 0 Å². The summed E-state index contributed by atoms with van der Waals surface area (Å²) in [5, 5.41) is 9.45. The number of aliphatic hydroxyl groups excluding tert-OH is 1. The summed E-state index contributed by atoms with van der Waals surface area (Å²) < 4.78 is 0. The van der Waals surface area contributed by atoms with Crippen molar-refractivity contribution in [2.24, 2.45) is 0 Å². The molecule has 0 heterocycles. The zero-order valence-electron chi connectivity index (χ0n) is 9.16. The van der Waals surface area contributed by atoms with Crippen LogP contribution < -0.4 is 0 Å². The molecular weight excluding hydrogens is 162 g/mol. The van der Waals surface area contributed by atoms with Gasteiger partial charge in [0, 0.05) is 12.1 Å². The molecule has 13 heavy (non-hydrogen) atoms. The third kappa shape index (κ3) is 2.68. The Kier molecular flexibility index (Phi) is 4.20. The Balaban J connectivity index is 2.41. The van der Waals surface area contributed by atoms with Crippen molar-refractivity contribution >= 4 is 0 Å². The van der Waals surface area contributed by atoms with Crippen molar-refractivity contribution < 1.29 is 5.11 Å². The summed E-state index contributed by atoms with van der Waals surface area (Å²) in [6, 6.07) is 1.33. The van der Waals surface area contributed by atoms with Gasteiger partial charge >= 0.3 is 0 Å². The van der Waals surface area contributed by atoms with Crippen LogP contribution in [0, 0.1) is 0 Å². The summed E-state index contributed by atoms with van der Waals surface area (Å²) in [6.07, 6.45) is 5.55. The lowest BCUT2D eigenvalue weighted by Crippen LogP contribution is -2.38. The van der Waals surface area contributed by atoms with Crippen LogP contribution in [0.25, 0.3) is 0 Å². The van der Waals surface area contributed by atoms with Gasteiger partial charge in [0.05, 0.1) is 6.10 Å². The van der Waals surface area contributed by atoms with Gasteiger partial charge in [-0.1, -0.05) is 13.8 Å². The van der Waals surface area contributed by atoms with Gasteiger partial charge in [-0.25, -0.2) is 0 Å². The predicted molar refractivity (Wildman–Crippen MR) is 55.8 cm³/mol. The van der Waals surface area contributed by atoms with E-state index in [9.17, 15) is 5.11 Å². The quantitative estimate of drug-likeness (QED) is 0.724. The predicted octanol–water partition coefficient (Wildman–Crippen LogP) is 2.02. The molecule has 2 atom stereocenters. The van der Waals surface area contributed by atoms with Crippen molar-refractivity contribution in [1.82, 2.24) is 4.90 Å². The van der Waals surface area contributed by atoms with Gasteiger partial charge in [0.25, 0.3) is 0 Å². The van der Waals surface area contributed by atoms with Crippen LogP contribution in [-0.2, 0) is 0 Å². The van der Waals surface area contributed by atoms with E-state index in [1.807, 2.05) is 0 Å². The minimum atomic E-state index is -0.0400. The van der Waals surface area contributed by atoms with E-state index >= 15 is 0 Å². The highest BCUT2D eigenvalue weighted by molar-refractivity contribution is 4.83. The van der Waals surface area contributed by atoms with Crippen LogP contribution in [-0.4, -0.2) is 35.2 Å². The number of nitrogens with zero attached hydrogens (tertiary/aromatic N) is 1. The zero-order valence-corrected chi connectivity index (χ0v) is 9.16. The van der Waals surface area contributed by atoms with Crippen molar-refractivity contribution in [2.45, 2.75) is 64.1 Å². The Hall–Kier alpha value is -0.0800. The number of rotatable bonds is 4. The van der Waals surface area contributed by atoms with Crippen LogP contribution >= 0.6 is 0 Å². The lowest BCUT2D eigenvalue weighted by atomic mass is 10.1. The molecule has 1 rings (SSSR count). The Morgan fingerprint density at radius 2 is 1.92 bits per heavy atom. The van der Waals surface area contributed by atoms with E-state index in [0.717, 1.165) is 12.8 Å². The molecule has 0 aromatic carbocycles. The molecule has 78 valence electrons. The van der Waals surface area contributed by atoms with Gasteiger partial charge in [-0.15, -0.1) is 0 Å². The lowest BCUT2D eigenvalue weighted by molar-refractivity contribution is 0.136. The van der Waals surface area contributed by atoms with Crippen molar-refractivity contribution in [1.29, 1.82) is 0 Å². The summed E-state index contributed by atoms with van der Waals surface area (Å²) in [6.45, 7) is 4.49. The lowest BCUT2D eigenvalue weighted by Gasteiger charge is -2.31. The van der Waals surface area contributed by atoms with E-state index in [-0.39, 0.29) is 6.10 Å². The highest BCUT2D eigenvalue weighted by Gasteiger charge is 2.28. The standard InChI is InChI=1S/C11H23NO/c1-4-9(5-2)12(3)10-6-7-11(13)8-10/h9-11,13H,4-8H2,1-3H3. The second-order valence-corrected chi connectivity index (χ2v) is 4.26. The largest absolute Gasteiger partial charge is 0.393 e. The second-order valence-electron chi connectivity index (χ2n) is 4.26. The van der Waals surface area contributed by atoms with Crippen LogP contribution in [0.15, 0.2) is 0 Å². The minimum absolute atomic E-state index is 0.0400. The topological polar surface area (TPSA) is 23.5 Å². The smallest absolute Gasteiger partial charge is 0.0555 e. The molecule has 1 saturated carbocycles. The number of hydrogen-bond acceptors (Lipinski definition) is 2. The first-order chi connectivity index (χ1) is 6.19. The third-order valence-electron chi connectivity index (χ3n) is 3.47. The number of aliphatic hydroxyl groups is 1. The number of hydrogen-bond donors (Lipinski definition) is 1. The van der Waals surface area contributed by atoms with Crippen LogP contribution in [0.1, 0.15) is 46.0 Å². The van der Waals surface area contributed by atoms with Crippen molar-refractivity contribution in [3.63, 3.8) is 0 Å². The van der Waals surface area contributed by atoms with Gasteiger partial charge < -0.3 is 10.0 Å². The summed E-state index contributed by atoms with van der Waals surface area (Å²) >= 11 is 0. The second kappa shape index (κ2) is 4.97. The minimum Gasteiger partial charge on any atom is -0.393 e. The molecule has 0 aliphatic heterocycles. The van der Waals surface area contributed by atoms with Gasteiger partial charge in [0.1, 0.15) is 0 Å². The van der Waals surface area contributed by atoms with E-state index in [1.165, 1.54) is 19.3 Å². The molecule has 2 heteroatoms. The summed E-state index contributed by atoms with van der Waals surface area (Å²) in [4.78, 5) is 2.47. The Morgan fingerprint density at radius 1 is 1.31 bits per heavy atom. The third-order valence-corrected chi connectivity index (χ3v) is 3.47. The molecule has 1 N–H and O–H groups in total. The Morgan fingerprint density at radius 3 is 2.31 bits per heavy atom. The molecule has 0 radical (unpaired) electrons. The van der Waals surface area contributed by atoms with Gasteiger partial charge in [-0.3, -0.25) is 0 Å². The molecule has 0 amide bonds. The Labute approximate surface area is 81.9 Å². The Bertz CT molecular complexity index is 145. The van der Waals surface area contributed by atoms with Gasteiger partial charge in [-0.2, -0.15) is 0 Å². The SMILES string of the molecule is CCC(CC)N(C)C1CCC(O)C1. The molecule has 0 saturated heterocycles. The molecule has 2 unspecified atom stereocenters. The molecule has 0 bridgehead atoms. The first-order valence-electron chi connectivity index (χ1n) is 5.59. The fraction of sp³-hybridized carbons (Fsp3) is 1.00. The van der Waals surface area contributed by atoms with Crippen LogP contribution in [0.2, 0.25) is 0 Å². The van der Waals surface area contributed by atoms with Gasteiger partial charge in [0.2, 0.25) is 0 Å². The highest BCUT2D eigenvalue weighted by atomic mass is 16.3. The molecule has 1 aliphatic rings. The molecule has 1 fully saturated rings. The maximum atomic E-state index is 9.45.